The van der Waals surface area contributed by atoms with Gasteiger partial charge in [-0.05, 0) is 42.5 Å². The van der Waals surface area contributed by atoms with Crippen molar-refractivity contribution in [3.63, 3.8) is 0 Å². The number of nitrogens with zero attached hydrogens (tertiary/aromatic N) is 5. The Bertz CT molecular complexity index is 1170. The Balaban J connectivity index is 1.15. The summed E-state index contributed by atoms with van der Waals surface area (Å²) in [6.45, 7) is 2.51. The van der Waals surface area contributed by atoms with Gasteiger partial charge in [-0.2, -0.15) is 20.7 Å². The van der Waals surface area contributed by atoms with Gasteiger partial charge in [-0.25, -0.2) is 0 Å². The zero-order valence-electron chi connectivity index (χ0n) is 16.7. The van der Waals surface area contributed by atoms with Crippen molar-refractivity contribution in [1.82, 2.24) is 25.2 Å². The second-order valence-corrected chi connectivity index (χ2v) is 7.98. The average molecular weight is 416 g/mol. The van der Waals surface area contributed by atoms with Crippen molar-refractivity contribution < 1.29 is 14.3 Å². The number of benzene rings is 2. The molecule has 2 fully saturated rings. The number of aromatic amines is 1. The molecule has 156 valence electrons. The Morgan fingerprint density at radius 3 is 2.39 bits per heavy atom. The number of rotatable bonds is 4. The van der Waals surface area contributed by atoms with Crippen molar-refractivity contribution in [3.8, 4) is 11.8 Å². The molecule has 0 spiro atoms. The van der Waals surface area contributed by atoms with Gasteiger partial charge in [0.05, 0.1) is 11.6 Å². The number of carbonyl (C=O) groups excluding carboxylic acids is 2. The quantitative estimate of drug-likeness (QED) is 0.688. The van der Waals surface area contributed by atoms with Crippen LogP contribution in [0.4, 0.5) is 0 Å². The van der Waals surface area contributed by atoms with E-state index < -0.39 is 0 Å². The second-order valence-electron chi connectivity index (χ2n) is 7.98. The standard InChI is InChI=1S/C22H20N6O3/c23-8-14-1-4-18(5-2-14)31-13-21(29)27-9-16-11-28(12-17(16)10-27)22(30)15-3-6-19-20(7-15)25-26-24-19/h1-7,16-17H,9-13H2,(H,24,25,26). The Labute approximate surface area is 178 Å². The van der Waals surface area contributed by atoms with Crippen LogP contribution < -0.4 is 4.74 Å². The number of H-pyrrole nitrogens is 1. The van der Waals surface area contributed by atoms with E-state index in [1.165, 1.54) is 0 Å². The summed E-state index contributed by atoms with van der Waals surface area (Å²) in [7, 11) is 0. The summed E-state index contributed by atoms with van der Waals surface area (Å²) in [6, 6.07) is 14.1. The van der Waals surface area contributed by atoms with Crippen molar-refractivity contribution >= 4 is 22.8 Å². The molecule has 0 saturated carbocycles. The molecule has 2 aromatic carbocycles. The zero-order valence-corrected chi connectivity index (χ0v) is 16.7. The lowest BCUT2D eigenvalue weighted by Gasteiger charge is -2.22. The van der Waals surface area contributed by atoms with E-state index in [4.69, 9.17) is 10.00 Å². The van der Waals surface area contributed by atoms with Crippen molar-refractivity contribution in [1.29, 1.82) is 5.26 Å². The summed E-state index contributed by atoms with van der Waals surface area (Å²) in [4.78, 5) is 29.2. The monoisotopic (exact) mass is 416 g/mol. The van der Waals surface area contributed by atoms with Gasteiger partial charge in [-0.15, -0.1) is 0 Å². The second kappa shape index (κ2) is 7.72. The highest BCUT2D eigenvalue weighted by Crippen LogP contribution is 2.32. The lowest BCUT2D eigenvalue weighted by Crippen LogP contribution is -2.37. The molecule has 0 radical (unpaired) electrons. The van der Waals surface area contributed by atoms with Gasteiger partial charge in [0, 0.05) is 43.6 Å². The van der Waals surface area contributed by atoms with Crippen LogP contribution in [0.3, 0.4) is 0 Å². The highest BCUT2D eigenvalue weighted by molar-refractivity contribution is 5.97. The van der Waals surface area contributed by atoms with E-state index in [1.807, 2.05) is 15.9 Å². The highest BCUT2D eigenvalue weighted by Gasteiger charge is 2.43. The topological polar surface area (TPSA) is 115 Å². The molecule has 9 nitrogen and oxygen atoms in total. The first-order valence-corrected chi connectivity index (χ1v) is 10.1. The minimum atomic E-state index is -0.0619. The molecule has 1 N–H and O–H groups in total. The molecule has 2 atom stereocenters. The summed E-state index contributed by atoms with van der Waals surface area (Å²) in [5.41, 5.74) is 2.55. The largest absolute Gasteiger partial charge is 0.484 e. The van der Waals surface area contributed by atoms with Gasteiger partial charge in [0.1, 0.15) is 16.8 Å². The van der Waals surface area contributed by atoms with Crippen molar-refractivity contribution in [2.45, 2.75) is 0 Å². The minimum Gasteiger partial charge on any atom is -0.484 e. The molecule has 2 amide bonds. The molecular weight excluding hydrogens is 396 g/mol. The van der Waals surface area contributed by atoms with Crippen LogP contribution in [0.1, 0.15) is 15.9 Å². The molecule has 0 bridgehead atoms. The van der Waals surface area contributed by atoms with E-state index in [2.05, 4.69) is 15.4 Å². The van der Waals surface area contributed by atoms with Crippen molar-refractivity contribution in [2.24, 2.45) is 11.8 Å². The molecule has 2 aliphatic rings. The first-order chi connectivity index (χ1) is 15.1. The summed E-state index contributed by atoms with van der Waals surface area (Å²) in [5, 5.41) is 19.5. The van der Waals surface area contributed by atoms with E-state index in [0.717, 1.165) is 5.52 Å². The van der Waals surface area contributed by atoms with Gasteiger partial charge >= 0.3 is 0 Å². The number of ether oxygens (including phenoxy) is 1. The smallest absolute Gasteiger partial charge is 0.260 e. The van der Waals surface area contributed by atoms with Crippen molar-refractivity contribution in [3.05, 3.63) is 53.6 Å². The lowest BCUT2D eigenvalue weighted by molar-refractivity contribution is -0.132. The summed E-state index contributed by atoms with van der Waals surface area (Å²) in [6.07, 6.45) is 0. The number of hydrogen-bond donors (Lipinski definition) is 1. The van der Waals surface area contributed by atoms with E-state index >= 15 is 0 Å². The fraction of sp³-hybridized carbons (Fsp3) is 0.318. The number of carbonyl (C=O) groups is 2. The van der Waals surface area contributed by atoms with Crippen LogP contribution in [0.15, 0.2) is 42.5 Å². The number of hydrogen-bond acceptors (Lipinski definition) is 6. The Morgan fingerprint density at radius 1 is 1.00 bits per heavy atom. The minimum absolute atomic E-state index is 0.0127. The van der Waals surface area contributed by atoms with Crippen molar-refractivity contribution in [2.75, 3.05) is 32.8 Å². The van der Waals surface area contributed by atoms with Gasteiger partial charge < -0.3 is 14.5 Å². The summed E-state index contributed by atoms with van der Waals surface area (Å²) in [5.74, 6) is 1.04. The predicted octanol–water partition coefficient (Wildman–Crippen LogP) is 1.44. The van der Waals surface area contributed by atoms with E-state index in [1.54, 1.807) is 42.5 Å². The summed E-state index contributed by atoms with van der Waals surface area (Å²) < 4.78 is 5.57. The molecule has 3 heterocycles. The Hall–Kier alpha value is -3.93. The van der Waals surface area contributed by atoms with Crippen LogP contribution in [0, 0.1) is 23.2 Å². The normalized spacial score (nSPS) is 20.0. The van der Waals surface area contributed by atoms with Crippen LogP contribution in [-0.4, -0.2) is 69.8 Å². The maximum Gasteiger partial charge on any atom is 0.260 e. The SMILES string of the molecule is N#Cc1ccc(OCC(=O)N2CC3CN(C(=O)c4ccc5n[nH]nc5c4)CC3C2)cc1. The molecule has 2 saturated heterocycles. The number of likely N-dealkylation sites (tertiary alicyclic amines) is 2. The van der Waals surface area contributed by atoms with E-state index in [0.29, 0.717) is 48.6 Å². The average Bonchev–Trinajstić information content (AvgIpc) is 3.51. The fourth-order valence-corrected chi connectivity index (χ4v) is 4.38. The third-order valence-corrected chi connectivity index (χ3v) is 6.04. The van der Waals surface area contributed by atoms with E-state index in [-0.39, 0.29) is 30.3 Å². The van der Waals surface area contributed by atoms with Crippen LogP contribution in [0.2, 0.25) is 0 Å². The number of aromatic nitrogens is 3. The Kier molecular flexibility index (Phi) is 4.75. The van der Waals surface area contributed by atoms with Gasteiger partial charge in [0.2, 0.25) is 0 Å². The number of fused-ring (bicyclic) bond motifs is 2. The van der Waals surface area contributed by atoms with Crippen LogP contribution >= 0.6 is 0 Å². The van der Waals surface area contributed by atoms with Gasteiger partial charge in [-0.3, -0.25) is 9.59 Å². The van der Waals surface area contributed by atoms with Gasteiger partial charge in [-0.1, -0.05) is 0 Å². The lowest BCUT2D eigenvalue weighted by atomic mass is 10.0. The molecule has 3 aromatic rings. The molecule has 31 heavy (non-hydrogen) atoms. The molecule has 5 rings (SSSR count). The molecule has 0 aliphatic carbocycles. The van der Waals surface area contributed by atoms with Crippen LogP contribution in [0.5, 0.6) is 5.75 Å². The maximum atomic E-state index is 12.9. The maximum absolute atomic E-state index is 12.9. The van der Waals surface area contributed by atoms with Crippen LogP contribution in [-0.2, 0) is 4.79 Å². The van der Waals surface area contributed by atoms with Gasteiger partial charge in [0.25, 0.3) is 11.8 Å². The first kappa shape index (κ1) is 19.1. The molecule has 2 aliphatic heterocycles. The third kappa shape index (κ3) is 3.68. The third-order valence-electron chi connectivity index (χ3n) is 6.04. The number of amides is 2. The predicted molar refractivity (Wildman–Crippen MR) is 110 cm³/mol. The molecular formula is C22H20N6O3. The zero-order chi connectivity index (χ0) is 21.4. The number of nitrogens with one attached hydrogen (secondary N) is 1. The fourth-order valence-electron chi connectivity index (χ4n) is 4.38. The number of nitriles is 1. The molecule has 9 heteroatoms. The molecule has 2 unspecified atom stereocenters. The Morgan fingerprint density at radius 2 is 1.68 bits per heavy atom. The van der Waals surface area contributed by atoms with Crippen LogP contribution in [0.25, 0.3) is 11.0 Å². The summed E-state index contributed by atoms with van der Waals surface area (Å²) >= 11 is 0. The first-order valence-electron chi connectivity index (χ1n) is 10.1. The molecule has 1 aromatic heterocycles. The van der Waals surface area contributed by atoms with Gasteiger partial charge in [0.15, 0.2) is 6.61 Å². The van der Waals surface area contributed by atoms with E-state index in [9.17, 15) is 9.59 Å². The highest BCUT2D eigenvalue weighted by atomic mass is 16.5.